The lowest BCUT2D eigenvalue weighted by Crippen LogP contribution is -2.38. The molecule has 14 heteroatoms. The zero-order chi connectivity index (χ0) is 42.5. The summed E-state index contributed by atoms with van der Waals surface area (Å²) >= 11 is 1.64. The Morgan fingerprint density at radius 2 is 1.90 bits per heavy atom. The van der Waals surface area contributed by atoms with Gasteiger partial charge in [0, 0.05) is 43.0 Å². The minimum atomic E-state index is -0.377. The Morgan fingerprint density at radius 1 is 1.14 bits per heavy atom. The summed E-state index contributed by atoms with van der Waals surface area (Å²) in [5.74, 6) is 7.75. The van der Waals surface area contributed by atoms with Crippen LogP contribution in [0.4, 0.5) is 5.82 Å². The van der Waals surface area contributed by atoms with E-state index in [4.69, 9.17) is 15.0 Å². The molecule has 2 amide bonds. The molecule has 0 saturated carbocycles. The van der Waals surface area contributed by atoms with Crippen LogP contribution in [-0.2, 0) is 9.59 Å². The van der Waals surface area contributed by atoms with Crippen molar-refractivity contribution in [1.29, 1.82) is 0 Å². The van der Waals surface area contributed by atoms with Gasteiger partial charge in [-0.25, -0.2) is 9.97 Å². The van der Waals surface area contributed by atoms with Gasteiger partial charge < -0.3 is 30.3 Å². The molecule has 6 aromatic rings. The summed E-state index contributed by atoms with van der Waals surface area (Å²) in [4.78, 5) is 39.8. The molecule has 3 unspecified atom stereocenters. The lowest BCUT2D eigenvalue weighted by molar-refractivity contribution is -0.134. The van der Waals surface area contributed by atoms with E-state index in [9.17, 15) is 14.7 Å². The third kappa shape index (κ3) is 11.1. The number of amides is 2. The van der Waals surface area contributed by atoms with Gasteiger partial charge in [0.15, 0.2) is 5.76 Å². The Labute approximate surface area is 350 Å². The first kappa shape index (κ1) is 43.9. The smallest absolute Gasteiger partial charge is 0.254 e. The SMILES string of the molecule is CC.CC(C)C(C(=O)N1CCCC1C)c1cc(OCCCC#Cc2cn3cc(-c4ccccc4O)nc3nc2N)no1.Cc1ncsc1-c1ccc(C(C)NC=O)cc1. The lowest BCUT2D eigenvalue weighted by Gasteiger charge is -2.27. The van der Waals surface area contributed by atoms with Crippen LogP contribution in [0.3, 0.4) is 0 Å². The molecule has 3 atom stereocenters. The van der Waals surface area contributed by atoms with Gasteiger partial charge in [0.25, 0.3) is 5.88 Å². The number of nitrogen functional groups attached to an aromatic ring is 1. The van der Waals surface area contributed by atoms with Gasteiger partial charge in [-0.1, -0.05) is 75.9 Å². The highest BCUT2D eigenvalue weighted by Gasteiger charge is 2.36. The average Bonchev–Trinajstić information content (AvgIpc) is 4.06. The van der Waals surface area contributed by atoms with E-state index >= 15 is 0 Å². The van der Waals surface area contributed by atoms with Gasteiger partial charge in [-0.15, -0.1) is 11.3 Å². The number of phenolic OH excluding ortho intramolecular Hbond substituents is 1. The molecule has 1 aliphatic rings. The number of aromatic nitrogens is 5. The maximum Gasteiger partial charge on any atom is 0.254 e. The molecule has 2 aromatic carbocycles. The fourth-order valence-corrected chi connectivity index (χ4v) is 7.52. The molecule has 4 aromatic heterocycles. The van der Waals surface area contributed by atoms with Gasteiger partial charge >= 0.3 is 0 Å². The molecule has 5 heterocycles. The number of phenols is 1. The molecule has 0 radical (unpaired) electrons. The van der Waals surface area contributed by atoms with Crippen molar-refractivity contribution in [3.05, 3.63) is 95.1 Å². The fourth-order valence-electron chi connectivity index (χ4n) is 6.71. The fraction of sp³-hybridized carbons (Fsp3) is 0.378. The number of ether oxygens (including phenoxy) is 1. The Kier molecular flexibility index (Phi) is 15.6. The second kappa shape index (κ2) is 21.0. The number of anilines is 1. The van der Waals surface area contributed by atoms with Crippen molar-refractivity contribution in [3.8, 4) is 45.2 Å². The zero-order valence-corrected chi connectivity index (χ0v) is 35.6. The van der Waals surface area contributed by atoms with Crippen molar-refractivity contribution in [2.75, 3.05) is 18.9 Å². The summed E-state index contributed by atoms with van der Waals surface area (Å²) in [6.07, 6.45) is 7.61. The predicted molar refractivity (Wildman–Crippen MR) is 232 cm³/mol. The minimum absolute atomic E-state index is 0.0455. The van der Waals surface area contributed by atoms with E-state index in [1.165, 1.54) is 10.4 Å². The largest absolute Gasteiger partial charge is 0.507 e. The topological polar surface area (TPSA) is 174 Å². The summed E-state index contributed by atoms with van der Waals surface area (Å²) in [5.41, 5.74) is 13.1. The summed E-state index contributed by atoms with van der Waals surface area (Å²) in [5, 5.41) is 16.9. The number of para-hydroxylation sites is 1. The molecule has 1 aliphatic heterocycles. The van der Waals surface area contributed by atoms with Crippen LogP contribution in [0.2, 0.25) is 0 Å². The molecule has 0 bridgehead atoms. The number of hydrogen-bond acceptors (Lipinski definition) is 11. The van der Waals surface area contributed by atoms with E-state index in [1.54, 1.807) is 52.4 Å². The molecule has 4 N–H and O–H groups in total. The maximum atomic E-state index is 13.2. The number of fused-ring (bicyclic) bond motifs is 1. The molecule has 310 valence electrons. The van der Waals surface area contributed by atoms with Crippen LogP contribution in [0.1, 0.15) is 102 Å². The van der Waals surface area contributed by atoms with Crippen LogP contribution in [0.5, 0.6) is 11.6 Å². The summed E-state index contributed by atoms with van der Waals surface area (Å²) in [6.45, 7) is 15.3. The van der Waals surface area contributed by atoms with E-state index in [-0.39, 0.29) is 35.6 Å². The number of hydrogen-bond donors (Lipinski definition) is 3. The third-order valence-electron chi connectivity index (χ3n) is 9.89. The molecule has 1 fully saturated rings. The highest BCUT2D eigenvalue weighted by Crippen LogP contribution is 2.33. The van der Waals surface area contributed by atoms with Crippen LogP contribution in [0.25, 0.3) is 27.5 Å². The van der Waals surface area contributed by atoms with Crippen molar-refractivity contribution in [1.82, 2.24) is 34.7 Å². The van der Waals surface area contributed by atoms with E-state index < -0.39 is 0 Å². The number of thiazole rings is 1. The van der Waals surface area contributed by atoms with Gasteiger partial charge in [0.1, 0.15) is 17.5 Å². The van der Waals surface area contributed by atoms with Crippen LogP contribution in [0.15, 0.2) is 77.0 Å². The third-order valence-corrected chi connectivity index (χ3v) is 10.9. The number of nitrogens with zero attached hydrogens (tertiary/aromatic N) is 6. The second-order valence-corrected chi connectivity index (χ2v) is 15.2. The normalized spacial score (nSPS) is 14.3. The van der Waals surface area contributed by atoms with Gasteiger partial charge in [-0.3, -0.25) is 14.0 Å². The molecule has 0 aliphatic carbocycles. The first-order chi connectivity index (χ1) is 28.5. The van der Waals surface area contributed by atoms with Gasteiger partial charge in [0.2, 0.25) is 18.1 Å². The Bertz CT molecular complexity index is 2360. The van der Waals surface area contributed by atoms with Crippen LogP contribution in [-0.4, -0.2) is 66.0 Å². The van der Waals surface area contributed by atoms with E-state index in [2.05, 4.69) is 56.3 Å². The molecular formula is C45H54N8O5S. The van der Waals surface area contributed by atoms with Crippen molar-refractivity contribution >= 4 is 35.2 Å². The Hall–Kier alpha value is -6.20. The Morgan fingerprint density at radius 3 is 2.56 bits per heavy atom. The summed E-state index contributed by atoms with van der Waals surface area (Å²) < 4.78 is 13.0. The molecule has 0 spiro atoms. The zero-order valence-electron chi connectivity index (χ0n) is 34.8. The molecule has 7 rings (SSSR count). The molecule has 59 heavy (non-hydrogen) atoms. The first-order valence-electron chi connectivity index (χ1n) is 20.1. The van der Waals surface area contributed by atoms with E-state index in [1.807, 2.05) is 70.2 Å². The summed E-state index contributed by atoms with van der Waals surface area (Å²) in [6, 6.07) is 17.2. The van der Waals surface area contributed by atoms with Gasteiger partial charge in [0.05, 0.1) is 40.0 Å². The van der Waals surface area contributed by atoms with Crippen LogP contribution >= 0.6 is 11.3 Å². The van der Waals surface area contributed by atoms with Gasteiger partial charge in [-0.05, 0) is 74.4 Å². The number of unbranched alkanes of at least 4 members (excludes halogenated alkanes) is 1. The number of nitrogens with two attached hydrogens (primary N) is 1. The lowest BCUT2D eigenvalue weighted by atomic mass is 9.91. The summed E-state index contributed by atoms with van der Waals surface area (Å²) in [7, 11) is 0. The number of carbonyl (C=O) groups excluding carboxylic acids is 2. The number of aromatic hydroxyl groups is 1. The highest BCUT2D eigenvalue weighted by molar-refractivity contribution is 7.13. The van der Waals surface area contributed by atoms with Crippen molar-refractivity contribution in [2.45, 2.75) is 92.2 Å². The number of carbonyl (C=O) groups is 2. The van der Waals surface area contributed by atoms with E-state index in [0.29, 0.717) is 59.5 Å². The Balaban J connectivity index is 0.000000290. The number of likely N-dealkylation sites (tertiary alicyclic amines) is 1. The van der Waals surface area contributed by atoms with Crippen molar-refractivity contribution < 1.29 is 24.0 Å². The minimum Gasteiger partial charge on any atom is -0.507 e. The number of aryl methyl sites for hydroxylation is 1. The molecule has 13 nitrogen and oxygen atoms in total. The highest BCUT2D eigenvalue weighted by atomic mass is 32.1. The standard InChI is InChI=1S/C30H34N6O4.C13H14N2OS.C2H6/c1-19(2)27(29(38)36-14-9-10-20(36)3)25-16-26(34-40-25)39-15-8-4-5-11-21-17-35-18-23(32-30(35)33-28(21)31)22-12-6-7-13-24(22)37;1-9(14-7-16)11-3-5-12(6-4-11)13-10(2)15-8-17-13;1-2/h6-7,12-13,16-20,27,37H,4,8-10,14-15H2,1-3H3,(H2,31,32,33);3-9H,1-2H3,(H,14,16);1-2H3. The number of benzene rings is 2. The van der Waals surface area contributed by atoms with Crippen molar-refractivity contribution in [3.63, 3.8) is 0 Å². The van der Waals surface area contributed by atoms with Crippen LogP contribution < -0.4 is 15.8 Å². The monoisotopic (exact) mass is 818 g/mol. The molecular weight excluding hydrogens is 765 g/mol. The number of nitrogens with one attached hydrogen (secondary N) is 1. The second-order valence-electron chi connectivity index (χ2n) is 14.4. The average molecular weight is 819 g/mol. The van der Waals surface area contributed by atoms with Crippen molar-refractivity contribution in [2.24, 2.45) is 5.92 Å². The van der Waals surface area contributed by atoms with E-state index in [0.717, 1.165) is 37.1 Å². The molecule has 1 saturated heterocycles. The van der Waals surface area contributed by atoms with Crippen LogP contribution in [0, 0.1) is 24.7 Å². The van der Waals surface area contributed by atoms with Gasteiger partial charge in [-0.2, -0.15) is 4.98 Å². The number of imidazole rings is 1. The first-order valence-corrected chi connectivity index (χ1v) is 20.9. The quantitative estimate of drug-likeness (QED) is 0.0617. The number of rotatable bonds is 12. The maximum absolute atomic E-state index is 13.2. The predicted octanol–water partition coefficient (Wildman–Crippen LogP) is 8.59.